The normalized spacial score (nSPS) is 25.9. The second-order valence-electron chi connectivity index (χ2n) is 10.3. The molecule has 0 radical (unpaired) electrons. The second-order valence-corrected chi connectivity index (χ2v) is 10.7. The van der Waals surface area contributed by atoms with Crippen molar-refractivity contribution in [1.29, 1.82) is 0 Å². The van der Waals surface area contributed by atoms with Crippen LogP contribution in [0.2, 0.25) is 5.02 Å². The average Bonchev–Trinajstić information content (AvgIpc) is 3.48. The van der Waals surface area contributed by atoms with Gasteiger partial charge in [-0.3, -0.25) is 14.4 Å². The van der Waals surface area contributed by atoms with E-state index in [4.69, 9.17) is 16.3 Å². The number of amides is 1. The molecule has 2 aromatic heterocycles. The summed E-state index contributed by atoms with van der Waals surface area (Å²) in [5.74, 6) is 0.572. The minimum Gasteiger partial charge on any atom is -0.389 e. The topological polar surface area (TPSA) is 92.5 Å². The molecule has 0 spiro atoms. The molecule has 9 heteroatoms. The van der Waals surface area contributed by atoms with Gasteiger partial charge in [0, 0.05) is 22.8 Å². The third-order valence-electron chi connectivity index (χ3n) is 7.89. The zero-order valence-corrected chi connectivity index (χ0v) is 20.5. The number of pyridine rings is 1. The lowest BCUT2D eigenvalue weighted by Gasteiger charge is -2.43. The molecule has 0 bridgehead atoms. The number of likely N-dealkylation sites (tertiary alicyclic amines) is 1. The molecule has 1 saturated carbocycles. The number of carbonyl (C=O) groups is 1. The smallest absolute Gasteiger partial charge is 0.277 e. The van der Waals surface area contributed by atoms with E-state index in [9.17, 15) is 9.90 Å². The number of piperidine rings is 1. The summed E-state index contributed by atoms with van der Waals surface area (Å²) in [5, 5.41) is 20.4. The lowest BCUT2D eigenvalue weighted by molar-refractivity contribution is -0.00211. The Morgan fingerprint density at radius 1 is 1.20 bits per heavy atom. The van der Waals surface area contributed by atoms with Crippen LogP contribution in [0.25, 0.3) is 10.8 Å². The highest BCUT2D eigenvalue weighted by Crippen LogP contribution is 2.39. The van der Waals surface area contributed by atoms with Gasteiger partial charge in [0.05, 0.1) is 30.9 Å². The highest BCUT2D eigenvalue weighted by molar-refractivity contribution is 6.32. The molecular formula is C26H30ClN5O3. The lowest BCUT2D eigenvalue weighted by Crippen LogP contribution is -2.56. The van der Waals surface area contributed by atoms with E-state index in [0.717, 1.165) is 60.1 Å². The van der Waals surface area contributed by atoms with Crippen LogP contribution < -0.4 is 5.32 Å². The van der Waals surface area contributed by atoms with E-state index in [2.05, 4.69) is 33.3 Å². The number of halogens is 1. The van der Waals surface area contributed by atoms with Crippen LogP contribution in [0.15, 0.2) is 36.7 Å². The van der Waals surface area contributed by atoms with Crippen molar-refractivity contribution in [3.8, 4) is 0 Å². The Morgan fingerprint density at radius 3 is 2.71 bits per heavy atom. The van der Waals surface area contributed by atoms with Crippen molar-refractivity contribution >= 4 is 34.1 Å². The van der Waals surface area contributed by atoms with Gasteiger partial charge in [-0.1, -0.05) is 11.6 Å². The molecule has 4 heterocycles. The first-order chi connectivity index (χ1) is 16.9. The van der Waals surface area contributed by atoms with Crippen LogP contribution in [0.3, 0.4) is 0 Å². The summed E-state index contributed by atoms with van der Waals surface area (Å²) >= 11 is 6.71. The van der Waals surface area contributed by atoms with Crippen LogP contribution in [0.1, 0.15) is 60.6 Å². The molecule has 3 aromatic rings. The predicted molar refractivity (Wildman–Crippen MR) is 134 cm³/mol. The Kier molecular flexibility index (Phi) is 5.79. The summed E-state index contributed by atoms with van der Waals surface area (Å²) in [5.41, 5.74) is 1.21. The first-order valence-electron chi connectivity index (χ1n) is 12.4. The number of aromatic nitrogens is 3. The van der Waals surface area contributed by atoms with Gasteiger partial charge < -0.3 is 15.2 Å². The predicted octanol–water partition coefficient (Wildman–Crippen LogP) is 4.00. The third kappa shape index (κ3) is 4.33. The van der Waals surface area contributed by atoms with Gasteiger partial charge in [0.15, 0.2) is 5.69 Å². The number of anilines is 1. The van der Waals surface area contributed by atoms with E-state index in [1.165, 1.54) is 0 Å². The van der Waals surface area contributed by atoms with Crippen LogP contribution in [0, 0.1) is 0 Å². The number of nitrogens with zero attached hydrogens (tertiary/aromatic N) is 4. The van der Waals surface area contributed by atoms with Crippen LogP contribution in [0.4, 0.5) is 5.82 Å². The van der Waals surface area contributed by atoms with Gasteiger partial charge in [-0.25, -0.2) is 4.98 Å². The number of nitrogens with one attached hydrogen (secondary N) is 1. The summed E-state index contributed by atoms with van der Waals surface area (Å²) in [6.07, 6.45) is 7.32. The Bertz CT molecular complexity index is 1270. The van der Waals surface area contributed by atoms with Gasteiger partial charge in [0.2, 0.25) is 0 Å². The molecule has 2 N–H and O–H groups in total. The third-order valence-corrected chi connectivity index (χ3v) is 8.21. The molecule has 3 fully saturated rings. The fourth-order valence-electron chi connectivity index (χ4n) is 5.40. The van der Waals surface area contributed by atoms with Crippen molar-refractivity contribution in [3.05, 3.63) is 52.9 Å². The highest BCUT2D eigenvalue weighted by atomic mass is 35.5. The van der Waals surface area contributed by atoms with Crippen LogP contribution in [0.5, 0.6) is 0 Å². The Balaban J connectivity index is 1.18. The largest absolute Gasteiger partial charge is 0.389 e. The van der Waals surface area contributed by atoms with E-state index in [1.807, 2.05) is 23.0 Å². The number of carbonyl (C=O) groups excluding carboxylic acids is 1. The van der Waals surface area contributed by atoms with E-state index < -0.39 is 6.10 Å². The number of rotatable bonds is 5. The van der Waals surface area contributed by atoms with Crippen molar-refractivity contribution < 1.29 is 14.6 Å². The number of ether oxygens (including phenoxy) is 1. The van der Waals surface area contributed by atoms with Gasteiger partial charge in [-0.15, -0.1) is 0 Å². The minimum absolute atomic E-state index is 0.260. The van der Waals surface area contributed by atoms with Crippen molar-refractivity contribution in [2.45, 2.75) is 56.2 Å². The van der Waals surface area contributed by atoms with E-state index >= 15 is 0 Å². The Hall–Kier alpha value is -2.52. The van der Waals surface area contributed by atoms with E-state index in [0.29, 0.717) is 36.7 Å². The summed E-state index contributed by atoms with van der Waals surface area (Å²) in [6, 6.07) is 8.17. The fraction of sp³-hybridized carbons (Fsp3) is 0.500. The van der Waals surface area contributed by atoms with Crippen molar-refractivity contribution in [2.75, 3.05) is 31.6 Å². The Morgan fingerprint density at radius 2 is 2.00 bits per heavy atom. The van der Waals surface area contributed by atoms with Crippen molar-refractivity contribution in [2.24, 2.45) is 0 Å². The van der Waals surface area contributed by atoms with Gasteiger partial charge in [-0.2, -0.15) is 5.10 Å². The lowest BCUT2D eigenvalue weighted by atomic mass is 9.85. The van der Waals surface area contributed by atoms with Gasteiger partial charge in [0.25, 0.3) is 5.91 Å². The molecule has 2 saturated heterocycles. The summed E-state index contributed by atoms with van der Waals surface area (Å²) in [4.78, 5) is 19.5. The number of aliphatic hydroxyl groups excluding tert-OH is 1. The average molecular weight is 496 g/mol. The zero-order valence-electron chi connectivity index (χ0n) is 19.8. The maximum atomic E-state index is 12.7. The number of fused-ring (bicyclic) bond motifs is 1. The number of hydrogen-bond acceptors (Lipinski definition) is 6. The maximum absolute atomic E-state index is 12.7. The number of benzene rings is 1. The summed E-state index contributed by atoms with van der Waals surface area (Å²) < 4.78 is 7.40. The molecule has 35 heavy (non-hydrogen) atoms. The molecule has 3 aliphatic rings. The number of aliphatic hydroxyl groups is 1. The van der Waals surface area contributed by atoms with Crippen molar-refractivity contribution in [1.82, 2.24) is 19.7 Å². The monoisotopic (exact) mass is 495 g/mol. The molecule has 8 nitrogen and oxygen atoms in total. The van der Waals surface area contributed by atoms with E-state index in [-0.39, 0.29) is 11.4 Å². The molecular weight excluding hydrogens is 466 g/mol. The van der Waals surface area contributed by atoms with Gasteiger partial charge >= 0.3 is 0 Å². The standard InChI is InChI=1S/C26H30ClN5O3/c1-26(15-35-14-23(26)33)31-7-4-16(5-8-31)20-10-17-12-24(28-13-18(17)11-21(20)27)29-25(34)22-6-9-32(30-22)19-2-3-19/h6,9-13,16,19,23,33H,2-5,7-8,14-15H2,1H3,(H,28,29,34). The molecule has 1 aliphatic carbocycles. The molecule has 184 valence electrons. The molecule has 2 atom stereocenters. The molecule has 2 aliphatic heterocycles. The minimum atomic E-state index is -0.452. The first-order valence-corrected chi connectivity index (χ1v) is 12.7. The van der Waals surface area contributed by atoms with Crippen molar-refractivity contribution in [3.63, 3.8) is 0 Å². The van der Waals surface area contributed by atoms with Crippen LogP contribution in [-0.4, -0.2) is 68.6 Å². The summed E-state index contributed by atoms with van der Waals surface area (Å²) in [7, 11) is 0. The highest BCUT2D eigenvalue weighted by Gasteiger charge is 2.45. The fourth-order valence-corrected chi connectivity index (χ4v) is 5.73. The van der Waals surface area contributed by atoms with Crippen LogP contribution in [-0.2, 0) is 4.74 Å². The molecule has 2 unspecified atom stereocenters. The van der Waals surface area contributed by atoms with E-state index in [1.54, 1.807) is 12.3 Å². The van der Waals surface area contributed by atoms with Gasteiger partial charge in [0.1, 0.15) is 5.82 Å². The summed E-state index contributed by atoms with van der Waals surface area (Å²) in [6.45, 7) is 4.84. The first kappa shape index (κ1) is 22.9. The Labute approximate surface area is 209 Å². The SMILES string of the molecule is CC1(N2CCC(c3cc4cc(NC(=O)c5ccn(C6CC6)n5)ncc4cc3Cl)CC2)COCC1O. The quantitative estimate of drug-likeness (QED) is 0.555. The molecule has 1 aromatic carbocycles. The number of hydrogen-bond donors (Lipinski definition) is 2. The zero-order chi connectivity index (χ0) is 24.2. The maximum Gasteiger partial charge on any atom is 0.277 e. The van der Waals surface area contributed by atoms with Crippen LogP contribution >= 0.6 is 11.6 Å². The molecule has 1 amide bonds. The second kappa shape index (κ2) is 8.85. The molecule has 6 rings (SSSR count). The van der Waals surface area contributed by atoms with Gasteiger partial charge in [-0.05, 0) is 86.8 Å².